The Hall–Kier alpha value is -0.890. The maximum Gasteiger partial charge on any atom is 0.276 e. The Morgan fingerprint density at radius 2 is 2.05 bits per heavy atom. The standard InChI is InChI=1S/C14H25N3O3S/c1-5-15-10-12-6-7-13(20-12)21(18,19)17-9-8-16(4)14(2,3)11-17/h6-7,15H,5,8-11H2,1-4H3. The van der Waals surface area contributed by atoms with Crippen molar-refractivity contribution in [2.75, 3.05) is 33.2 Å². The van der Waals surface area contributed by atoms with Gasteiger partial charge in [0, 0.05) is 25.2 Å². The zero-order valence-corrected chi connectivity index (χ0v) is 14.0. The number of furan rings is 1. The van der Waals surface area contributed by atoms with Gasteiger partial charge in [0.1, 0.15) is 5.76 Å². The average Bonchev–Trinajstić information content (AvgIpc) is 2.88. The third-order valence-corrected chi connectivity index (χ3v) is 5.78. The number of likely N-dealkylation sites (N-methyl/N-ethyl adjacent to an activating group) is 1. The van der Waals surface area contributed by atoms with Crippen LogP contribution in [0.3, 0.4) is 0 Å². The molecule has 2 rings (SSSR count). The summed E-state index contributed by atoms with van der Waals surface area (Å²) in [5.41, 5.74) is -0.176. The predicted octanol–water partition coefficient (Wildman–Crippen LogP) is 1.10. The van der Waals surface area contributed by atoms with Crippen LogP contribution in [0, 0.1) is 0 Å². The van der Waals surface area contributed by atoms with Crippen LogP contribution < -0.4 is 5.32 Å². The van der Waals surface area contributed by atoms with E-state index in [-0.39, 0.29) is 10.6 Å². The highest BCUT2D eigenvalue weighted by molar-refractivity contribution is 7.89. The second-order valence-corrected chi connectivity index (χ2v) is 7.94. The van der Waals surface area contributed by atoms with E-state index in [0.717, 1.165) is 13.1 Å². The van der Waals surface area contributed by atoms with Gasteiger partial charge in [-0.1, -0.05) is 6.92 Å². The second kappa shape index (κ2) is 6.08. The minimum absolute atomic E-state index is 0.0377. The molecule has 0 bridgehead atoms. The molecule has 7 heteroatoms. The van der Waals surface area contributed by atoms with Crippen LogP contribution in [-0.2, 0) is 16.6 Å². The lowest BCUT2D eigenvalue weighted by Gasteiger charge is -2.44. The molecule has 120 valence electrons. The first-order chi connectivity index (χ1) is 9.77. The van der Waals surface area contributed by atoms with Gasteiger partial charge in [-0.3, -0.25) is 4.90 Å². The first-order valence-corrected chi connectivity index (χ1v) is 8.72. The third-order valence-electron chi connectivity index (χ3n) is 4.06. The summed E-state index contributed by atoms with van der Waals surface area (Å²) < 4.78 is 32.3. The summed E-state index contributed by atoms with van der Waals surface area (Å²) in [4.78, 5) is 2.18. The van der Waals surface area contributed by atoms with E-state index in [9.17, 15) is 8.42 Å². The number of nitrogens with zero attached hydrogens (tertiary/aromatic N) is 2. The quantitative estimate of drug-likeness (QED) is 0.881. The Labute approximate surface area is 127 Å². The minimum atomic E-state index is -3.55. The monoisotopic (exact) mass is 315 g/mol. The molecule has 1 aromatic rings. The van der Waals surface area contributed by atoms with E-state index in [4.69, 9.17) is 4.42 Å². The Kier molecular flexibility index (Phi) is 4.77. The number of piperazine rings is 1. The maximum atomic E-state index is 12.7. The van der Waals surface area contributed by atoms with Crippen LogP contribution in [0.2, 0.25) is 0 Å². The fourth-order valence-electron chi connectivity index (χ4n) is 2.37. The largest absolute Gasteiger partial charge is 0.447 e. The summed E-state index contributed by atoms with van der Waals surface area (Å²) in [5.74, 6) is 0.642. The van der Waals surface area contributed by atoms with E-state index in [1.807, 2.05) is 27.8 Å². The highest BCUT2D eigenvalue weighted by Crippen LogP contribution is 2.25. The zero-order chi connectivity index (χ0) is 15.7. The van der Waals surface area contributed by atoms with Crippen molar-refractivity contribution >= 4 is 10.0 Å². The molecule has 1 saturated heterocycles. The van der Waals surface area contributed by atoms with Crippen LogP contribution >= 0.6 is 0 Å². The van der Waals surface area contributed by atoms with Gasteiger partial charge in [0.25, 0.3) is 10.0 Å². The van der Waals surface area contributed by atoms with E-state index >= 15 is 0 Å². The van der Waals surface area contributed by atoms with Crippen molar-refractivity contribution in [1.82, 2.24) is 14.5 Å². The molecule has 2 heterocycles. The van der Waals surface area contributed by atoms with Crippen molar-refractivity contribution < 1.29 is 12.8 Å². The van der Waals surface area contributed by atoms with Gasteiger partial charge in [0.2, 0.25) is 5.09 Å². The van der Waals surface area contributed by atoms with Crippen molar-refractivity contribution in [1.29, 1.82) is 0 Å². The summed E-state index contributed by atoms with van der Waals surface area (Å²) in [6.45, 7) is 9.13. The zero-order valence-electron chi connectivity index (χ0n) is 13.2. The summed E-state index contributed by atoms with van der Waals surface area (Å²) in [5, 5.41) is 3.16. The molecular formula is C14H25N3O3S. The Balaban J connectivity index is 2.16. The predicted molar refractivity (Wildman–Crippen MR) is 81.6 cm³/mol. The van der Waals surface area contributed by atoms with Crippen molar-refractivity contribution in [3.05, 3.63) is 17.9 Å². The summed E-state index contributed by atoms with van der Waals surface area (Å²) in [6.07, 6.45) is 0. The number of rotatable bonds is 5. The van der Waals surface area contributed by atoms with Gasteiger partial charge in [-0.05, 0) is 39.6 Å². The highest BCUT2D eigenvalue weighted by Gasteiger charge is 2.38. The molecule has 0 unspecified atom stereocenters. The first kappa shape index (κ1) is 16.5. The molecule has 1 fully saturated rings. The van der Waals surface area contributed by atoms with Crippen LogP contribution in [0.4, 0.5) is 0 Å². The van der Waals surface area contributed by atoms with E-state index < -0.39 is 10.0 Å². The molecule has 6 nitrogen and oxygen atoms in total. The molecule has 1 aliphatic heterocycles. The van der Waals surface area contributed by atoms with Crippen molar-refractivity contribution in [2.24, 2.45) is 0 Å². The topological polar surface area (TPSA) is 65.8 Å². The van der Waals surface area contributed by atoms with Crippen molar-refractivity contribution in [3.8, 4) is 0 Å². The van der Waals surface area contributed by atoms with Gasteiger partial charge in [0.05, 0.1) is 6.54 Å². The molecule has 0 spiro atoms. The Morgan fingerprint density at radius 1 is 1.33 bits per heavy atom. The van der Waals surface area contributed by atoms with Gasteiger partial charge < -0.3 is 9.73 Å². The Morgan fingerprint density at radius 3 is 2.67 bits per heavy atom. The Bertz CT molecular complexity index is 580. The fraction of sp³-hybridized carbons (Fsp3) is 0.714. The number of sulfonamides is 1. The number of hydrogen-bond donors (Lipinski definition) is 1. The van der Waals surface area contributed by atoms with Crippen LogP contribution in [0.15, 0.2) is 21.6 Å². The van der Waals surface area contributed by atoms with E-state index in [2.05, 4.69) is 10.2 Å². The first-order valence-electron chi connectivity index (χ1n) is 7.28. The van der Waals surface area contributed by atoms with Gasteiger partial charge in [-0.25, -0.2) is 8.42 Å². The van der Waals surface area contributed by atoms with Crippen molar-refractivity contribution in [2.45, 2.75) is 37.9 Å². The lowest BCUT2D eigenvalue weighted by Crippen LogP contribution is -2.58. The van der Waals surface area contributed by atoms with Crippen LogP contribution in [0.25, 0.3) is 0 Å². The molecule has 0 atom stereocenters. The fourth-order valence-corrected chi connectivity index (χ4v) is 3.88. The average molecular weight is 315 g/mol. The molecule has 0 aliphatic carbocycles. The molecule has 0 aromatic carbocycles. The molecule has 21 heavy (non-hydrogen) atoms. The molecule has 1 N–H and O–H groups in total. The van der Waals surface area contributed by atoms with Gasteiger partial charge in [-0.15, -0.1) is 0 Å². The molecular weight excluding hydrogens is 290 g/mol. The van der Waals surface area contributed by atoms with Gasteiger partial charge in [0.15, 0.2) is 0 Å². The lowest BCUT2D eigenvalue weighted by atomic mass is 10.0. The minimum Gasteiger partial charge on any atom is -0.447 e. The maximum absolute atomic E-state index is 12.7. The normalized spacial score (nSPS) is 20.8. The van der Waals surface area contributed by atoms with Crippen LogP contribution in [0.5, 0.6) is 0 Å². The SMILES string of the molecule is CCNCc1ccc(S(=O)(=O)N2CCN(C)C(C)(C)C2)o1. The number of hydrogen-bond acceptors (Lipinski definition) is 5. The highest BCUT2D eigenvalue weighted by atomic mass is 32.2. The molecule has 0 amide bonds. The van der Waals surface area contributed by atoms with Gasteiger partial charge >= 0.3 is 0 Å². The summed E-state index contributed by atoms with van der Waals surface area (Å²) in [6, 6.07) is 3.27. The molecule has 1 aliphatic rings. The number of nitrogens with one attached hydrogen (secondary N) is 1. The third kappa shape index (κ3) is 3.48. The van der Waals surface area contributed by atoms with E-state index in [1.54, 1.807) is 12.1 Å². The lowest BCUT2D eigenvalue weighted by molar-refractivity contribution is 0.0793. The molecule has 0 saturated carbocycles. The van der Waals surface area contributed by atoms with Crippen LogP contribution in [-0.4, -0.2) is 56.4 Å². The van der Waals surface area contributed by atoms with E-state index in [1.165, 1.54) is 4.31 Å². The summed E-state index contributed by atoms with van der Waals surface area (Å²) >= 11 is 0. The molecule has 0 radical (unpaired) electrons. The molecule has 1 aromatic heterocycles. The van der Waals surface area contributed by atoms with E-state index in [0.29, 0.717) is 25.4 Å². The van der Waals surface area contributed by atoms with Gasteiger partial charge in [-0.2, -0.15) is 4.31 Å². The summed E-state index contributed by atoms with van der Waals surface area (Å²) in [7, 11) is -1.53. The van der Waals surface area contributed by atoms with Crippen LogP contribution in [0.1, 0.15) is 26.5 Å². The second-order valence-electron chi connectivity index (χ2n) is 6.07. The van der Waals surface area contributed by atoms with Crippen molar-refractivity contribution in [3.63, 3.8) is 0 Å². The smallest absolute Gasteiger partial charge is 0.276 e.